The highest BCUT2D eigenvalue weighted by molar-refractivity contribution is 5.89. The molecule has 3 aromatic rings. The van der Waals surface area contributed by atoms with Gasteiger partial charge in [0, 0.05) is 19.5 Å². The van der Waals surface area contributed by atoms with Gasteiger partial charge in [-0.25, -0.2) is 4.79 Å². The van der Waals surface area contributed by atoms with Crippen LogP contribution < -0.4 is 0 Å². The van der Waals surface area contributed by atoms with Crippen molar-refractivity contribution in [2.45, 2.75) is 39.2 Å². The summed E-state index contributed by atoms with van der Waals surface area (Å²) in [6, 6.07) is 25.0. The van der Waals surface area contributed by atoms with Gasteiger partial charge in [0.25, 0.3) is 0 Å². The molecule has 4 heteroatoms. The van der Waals surface area contributed by atoms with Crippen LogP contribution in [-0.2, 0) is 17.8 Å². The fourth-order valence-electron chi connectivity index (χ4n) is 3.60. The fourth-order valence-corrected chi connectivity index (χ4v) is 3.60. The summed E-state index contributed by atoms with van der Waals surface area (Å²) >= 11 is 0. The molecule has 0 fully saturated rings. The largest absolute Gasteiger partial charge is 0.478 e. The summed E-state index contributed by atoms with van der Waals surface area (Å²) in [5.41, 5.74) is 4.29. The lowest BCUT2D eigenvalue weighted by Crippen LogP contribution is -2.31. The van der Waals surface area contributed by atoms with E-state index in [4.69, 9.17) is 0 Å². The first-order chi connectivity index (χ1) is 15.1. The Balaban J connectivity index is 1.73. The molecular weight excluding hydrogens is 386 g/mol. The number of unbranched alkanes of at least 4 members (excludes halogenated alkanes) is 1. The van der Waals surface area contributed by atoms with Crippen LogP contribution in [0.5, 0.6) is 0 Å². The van der Waals surface area contributed by atoms with Crippen molar-refractivity contribution in [3.63, 3.8) is 0 Å². The summed E-state index contributed by atoms with van der Waals surface area (Å²) in [5, 5.41) is 9.26. The van der Waals surface area contributed by atoms with E-state index in [2.05, 4.69) is 19.1 Å². The van der Waals surface area contributed by atoms with E-state index in [1.165, 1.54) is 5.56 Å². The van der Waals surface area contributed by atoms with Crippen LogP contribution in [0.15, 0.2) is 78.9 Å². The topological polar surface area (TPSA) is 57.6 Å². The summed E-state index contributed by atoms with van der Waals surface area (Å²) in [7, 11) is 0. The molecule has 0 aliphatic carbocycles. The first kappa shape index (κ1) is 22.3. The molecule has 1 amide bonds. The Morgan fingerprint density at radius 3 is 2.23 bits per heavy atom. The molecule has 0 saturated carbocycles. The number of carboxylic acid groups (broad SMARTS) is 1. The van der Waals surface area contributed by atoms with Crippen LogP contribution in [0.25, 0.3) is 11.1 Å². The molecule has 3 aromatic carbocycles. The van der Waals surface area contributed by atoms with Crippen LogP contribution in [-0.4, -0.2) is 28.4 Å². The Hall–Kier alpha value is -3.40. The SMILES string of the molecule is CCCCN(Cc1cccc(-c2cccc(C(=O)O)c2)c1)C(=O)CCc1ccccc1. The molecule has 0 aliphatic heterocycles. The maximum absolute atomic E-state index is 13.0. The second kappa shape index (κ2) is 11.1. The zero-order valence-electron chi connectivity index (χ0n) is 18.0. The number of benzene rings is 3. The first-order valence-corrected chi connectivity index (χ1v) is 10.8. The summed E-state index contributed by atoms with van der Waals surface area (Å²) in [6.07, 6.45) is 3.24. The molecule has 3 rings (SSSR count). The van der Waals surface area contributed by atoms with Crippen molar-refractivity contribution in [3.05, 3.63) is 95.6 Å². The number of amides is 1. The quantitative estimate of drug-likeness (QED) is 0.454. The van der Waals surface area contributed by atoms with Crippen LogP contribution >= 0.6 is 0 Å². The van der Waals surface area contributed by atoms with Gasteiger partial charge in [0.05, 0.1) is 5.56 Å². The molecule has 0 spiro atoms. The van der Waals surface area contributed by atoms with Gasteiger partial charge in [-0.1, -0.05) is 74.0 Å². The van der Waals surface area contributed by atoms with E-state index in [9.17, 15) is 14.7 Å². The minimum Gasteiger partial charge on any atom is -0.478 e. The zero-order chi connectivity index (χ0) is 22.1. The van der Waals surface area contributed by atoms with Crippen molar-refractivity contribution in [1.29, 1.82) is 0 Å². The lowest BCUT2D eigenvalue weighted by molar-refractivity contribution is -0.131. The predicted molar refractivity (Wildman–Crippen MR) is 124 cm³/mol. The maximum Gasteiger partial charge on any atom is 0.335 e. The number of carboxylic acids is 1. The minimum absolute atomic E-state index is 0.163. The van der Waals surface area contributed by atoms with Gasteiger partial charge >= 0.3 is 5.97 Å². The van der Waals surface area contributed by atoms with Gasteiger partial charge in [-0.2, -0.15) is 0 Å². The van der Waals surface area contributed by atoms with Crippen molar-refractivity contribution >= 4 is 11.9 Å². The lowest BCUT2D eigenvalue weighted by Gasteiger charge is -2.23. The maximum atomic E-state index is 13.0. The number of aryl methyl sites for hydroxylation is 1. The molecule has 0 atom stereocenters. The molecule has 160 valence electrons. The Kier molecular flexibility index (Phi) is 7.99. The van der Waals surface area contributed by atoms with Crippen LogP contribution in [0.4, 0.5) is 0 Å². The second-order valence-corrected chi connectivity index (χ2v) is 7.74. The van der Waals surface area contributed by atoms with Crippen molar-refractivity contribution in [1.82, 2.24) is 4.90 Å². The van der Waals surface area contributed by atoms with Crippen molar-refractivity contribution < 1.29 is 14.7 Å². The molecule has 0 aromatic heterocycles. The zero-order valence-corrected chi connectivity index (χ0v) is 18.0. The highest BCUT2D eigenvalue weighted by Gasteiger charge is 2.14. The number of carbonyl (C=O) groups excluding carboxylic acids is 1. The van der Waals surface area contributed by atoms with E-state index < -0.39 is 5.97 Å². The molecule has 0 radical (unpaired) electrons. The van der Waals surface area contributed by atoms with E-state index >= 15 is 0 Å². The smallest absolute Gasteiger partial charge is 0.335 e. The Morgan fingerprint density at radius 2 is 1.52 bits per heavy atom. The second-order valence-electron chi connectivity index (χ2n) is 7.74. The standard InChI is InChI=1S/C27H29NO3/c1-2-3-17-28(26(29)16-15-21-9-5-4-6-10-21)20-22-11-7-12-23(18-22)24-13-8-14-25(19-24)27(30)31/h4-14,18-19H,2-3,15-17,20H2,1H3,(H,30,31). The van der Waals surface area contributed by atoms with E-state index in [1.54, 1.807) is 18.2 Å². The van der Waals surface area contributed by atoms with Crippen LogP contribution in [0, 0.1) is 0 Å². The van der Waals surface area contributed by atoms with Crippen molar-refractivity contribution in [3.8, 4) is 11.1 Å². The predicted octanol–water partition coefficient (Wildman–Crippen LogP) is 5.81. The Morgan fingerprint density at radius 1 is 0.839 bits per heavy atom. The van der Waals surface area contributed by atoms with E-state index in [1.807, 2.05) is 53.4 Å². The highest BCUT2D eigenvalue weighted by Crippen LogP contribution is 2.23. The minimum atomic E-state index is -0.937. The average Bonchev–Trinajstić information content (AvgIpc) is 2.81. The van der Waals surface area contributed by atoms with E-state index in [0.717, 1.165) is 42.5 Å². The third kappa shape index (κ3) is 6.54. The van der Waals surface area contributed by atoms with Gasteiger partial charge in [0.1, 0.15) is 0 Å². The molecule has 0 heterocycles. The van der Waals surface area contributed by atoms with Crippen molar-refractivity contribution in [2.75, 3.05) is 6.54 Å². The molecule has 0 bridgehead atoms. The first-order valence-electron chi connectivity index (χ1n) is 10.8. The van der Waals surface area contributed by atoms with Gasteiger partial charge in [0.15, 0.2) is 0 Å². The summed E-state index contributed by atoms with van der Waals surface area (Å²) in [5.74, 6) is -0.775. The van der Waals surface area contributed by atoms with Crippen molar-refractivity contribution in [2.24, 2.45) is 0 Å². The molecule has 0 unspecified atom stereocenters. The number of rotatable bonds is 10. The Labute approximate surface area is 184 Å². The van der Waals surface area contributed by atoms with Gasteiger partial charge < -0.3 is 10.0 Å². The third-order valence-electron chi connectivity index (χ3n) is 5.35. The number of nitrogens with zero attached hydrogens (tertiary/aromatic N) is 1. The van der Waals surface area contributed by atoms with Gasteiger partial charge in [-0.15, -0.1) is 0 Å². The molecular formula is C27H29NO3. The molecule has 0 saturated heterocycles. The molecule has 0 aliphatic rings. The van der Waals surface area contributed by atoms with Gasteiger partial charge in [-0.3, -0.25) is 4.79 Å². The van der Waals surface area contributed by atoms with E-state index in [0.29, 0.717) is 13.0 Å². The third-order valence-corrected chi connectivity index (χ3v) is 5.35. The van der Waals surface area contributed by atoms with Crippen LogP contribution in [0.2, 0.25) is 0 Å². The number of aromatic carboxylic acids is 1. The van der Waals surface area contributed by atoms with Crippen LogP contribution in [0.1, 0.15) is 47.7 Å². The normalized spacial score (nSPS) is 10.6. The Bertz CT molecular complexity index is 1010. The van der Waals surface area contributed by atoms with Gasteiger partial charge in [-0.05, 0) is 53.3 Å². The molecule has 31 heavy (non-hydrogen) atoms. The monoisotopic (exact) mass is 415 g/mol. The molecule has 4 nitrogen and oxygen atoms in total. The number of hydrogen-bond donors (Lipinski definition) is 1. The summed E-state index contributed by atoms with van der Waals surface area (Å²) in [4.78, 5) is 26.2. The van der Waals surface area contributed by atoms with E-state index in [-0.39, 0.29) is 11.5 Å². The lowest BCUT2D eigenvalue weighted by atomic mass is 10.0. The number of carbonyl (C=O) groups is 2. The summed E-state index contributed by atoms with van der Waals surface area (Å²) < 4.78 is 0. The van der Waals surface area contributed by atoms with Crippen LogP contribution in [0.3, 0.4) is 0 Å². The summed E-state index contributed by atoms with van der Waals surface area (Å²) in [6.45, 7) is 3.42. The molecule has 1 N–H and O–H groups in total. The fraction of sp³-hybridized carbons (Fsp3) is 0.259. The highest BCUT2D eigenvalue weighted by atomic mass is 16.4. The number of hydrogen-bond acceptors (Lipinski definition) is 2. The average molecular weight is 416 g/mol. The van der Waals surface area contributed by atoms with Gasteiger partial charge in [0.2, 0.25) is 5.91 Å².